The average molecular weight is 364 g/mol. The lowest BCUT2D eigenvalue weighted by molar-refractivity contribution is -0.135. The molecule has 1 aromatic carbocycles. The third-order valence-electron chi connectivity index (χ3n) is 4.94. The maximum absolute atomic E-state index is 12.6. The quantitative estimate of drug-likeness (QED) is 0.730. The number of hydrogen-bond donors (Lipinski definition) is 1. The van der Waals surface area contributed by atoms with E-state index in [-0.39, 0.29) is 12.0 Å². The van der Waals surface area contributed by atoms with Crippen molar-refractivity contribution in [2.45, 2.75) is 38.4 Å². The molecule has 2 aromatic heterocycles. The Morgan fingerprint density at radius 1 is 1.22 bits per heavy atom. The minimum absolute atomic E-state index is 0.0795. The van der Waals surface area contributed by atoms with Gasteiger partial charge in [-0.15, -0.1) is 0 Å². The van der Waals surface area contributed by atoms with Crippen molar-refractivity contribution in [1.82, 2.24) is 19.9 Å². The summed E-state index contributed by atoms with van der Waals surface area (Å²) in [6.45, 7) is 1.96. The molecule has 6 nitrogen and oxygen atoms in total. The molecule has 0 aliphatic carbocycles. The molecule has 1 aliphatic heterocycles. The summed E-state index contributed by atoms with van der Waals surface area (Å²) in [5.74, 6) is 1.03. The number of pyridine rings is 1. The van der Waals surface area contributed by atoms with Crippen molar-refractivity contribution in [3.63, 3.8) is 0 Å². The number of para-hydroxylation sites is 2. The molecule has 1 amide bonds. The van der Waals surface area contributed by atoms with Crippen molar-refractivity contribution in [1.29, 1.82) is 0 Å². The lowest BCUT2D eigenvalue weighted by Gasteiger charge is -2.32. The van der Waals surface area contributed by atoms with Crippen LogP contribution in [0, 0.1) is 0 Å². The molecule has 0 bridgehead atoms. The van der Waals surface area contributed by atoms with E-state index in [2.05, 4.69) is 15.0 Å². The molecule has 1 aliphatic rings. The smallest absolute Gasteiger partial charge is 0.223 e. The number of aromatic amines is 1. The molecule has 0 radical (unpaired) electrons. The SMILES string of the molecule is O=C(CCc1nc2ccccc2[nH]1)N1CCCC(OCc2ccccn2)C1. The number of fused-ring (bicyclic) bond motifs is 1. The molecule has 3 aromatic rings. The Bertz CT molecular complexity index is 860. The van der Waals surface area contributed by atoms with Crippen LogP contribution in [0.2, 0.25) is 0 Å². The van der Waals surface area contributed by atoms with Crippen LogP contribution in [0.3, 0.4) is 0 Å². The number of ether oxygens (including phenoxy) is 1. The summed E-state index contributed by atoms with van der Waals surface area (Å²) < 4.78 is 5.98. The number of aryl methyl sites for hydroxylation is 1. The summed E-state index contributed by atoms with van der Waals surface area (Å²) in [5, 5.41) is 0. The number of H-pyrrole nitrogens is 1. The van der Waals surface area contributed by atoms with Gasteiger partial charge in [0.05, 0.1) is 29.4 Å². The topological polar surface area (TPSA) is 71.1 Å². The fourth-order valence-electron chi connectivity index (χ4n) is 3.49. The molecule has 0 saturated carbocycles. The van der Waals surface area contributed by atoms with E-state index in [1.54, 1.807) is 6.20 Å². The predicted molar refractivity (Wildman–Crippen MR) is 103 cm³/mol. The first-order valence-electron chi connectivity index (χ1n) is 9.51. The molecule has 27 heavy (non-hydrogen) atoms. The van der Waals surface area contributed by atoms with E-state index in [9.17, 15) is 4.79 Å². The van der Waals surface area contributed by atoms with Crippen LogP contribution < -0.4 is 0 Å². The van der Waals surface area contributed by atoms with Crippen LogP contribution in [0.15, 0.2) is 48.7 Å². The van der Waals surface area contributed by atoms with Crippen LogP contribution in [0.25, 0.3) is 11.0 Å². The van der Waals surface area contributed by atoms with Crippen LogP contribution >= 0.6 is 0 Å². The molecule has 1 N–H and O–H groups in total. The van der Waals surface area contributed by atoms with Gasteiger partial charge in [-0.2, -0.15) is 0 Å². The summed E-state index contributed by atoms with van der Waals surface area (Å²) in [7, 11) is 0. The molecule has 1 fully saturated rings. The first kappa shape index (κ1) is 17.7. The highest BCUT2D eigenvalue weighted by molar-refractivity contribution is 5.77. The van der Waals surface area contributed by atoms with Crippen LogP contribution in [0.4, 0.5) is 0 Å². The maximum Gasteiger partial charge on any atom is 0.223 e. The summed E-state index contributed by atoms with van der Waals surface area (Å²) in [6.07, 6.45) is 4.91. The Labute approximate surface area is 158 Å². The second-order valence-corrected chi connectivity index (χ2v) is 6.94. The van der Waals surface area contributed by atoms with Crippen LogP contribution in [0.1, 0.15) is 30.8 Å². The van der Waals surface area contributed by atoms with Gasteiger partial charge in [0, 0.05) is 32.1 Å². The van der Waals surface area contributed by atoms with E-state index in [0.717, 1.165) is 41.9 Å². The molecule has 1 atom stereocenters. The Balaban J connectivity index is 1.27. The lowest BCUT2D eigenvalue weighted by atomic mass is 10.1. The predicted octanol–water partition coefficient (Wildman–Crippen LogP) is 3.10. The standard InChI is InChI=1S/C21H24N4O2/c26-21(11-10-20-23-18-8-1-2-9-19(18)24-20)25-13-5-7-17(14-25)27-15-16-6-3-4-12-22-16/h1-4,6,8-9,12,17H,5,7,10-11,13-15H2,(H,23,24). The molecule has 1 saturated heterocycles. The number of imidazole rings is 1. The highest BCUT2D eigenvalue weighted by Gasteiger charge is 2.24. The van der Waals surface area contributed by atoms with Crippen LogP contribution in [-0.4, -0.2) is 45.0 Å². The normalized spacial score (nSPS) is 17.3. The number of nitrogens with one attached hydrogen (secondary N) is 1. The Morgan fingerprint density at radius 2 is 2.11 bits per heavy atom. The fourth-order valence-corrected chi connectivity index (χ4v) is 3.49. The van der Waals surface area contributed by atoms with E-state index in [4.69, 9.17) is 4.74 Å². The molecule has 140 valence electrons. The summed E-state index contributed by atoms with van der Waals surface area (Å²) in [4.78, 5) is 26.7. The molecule has 0 spiro atoms. The number of hydrogen-bond acceptors (Lipinski definition) is 4. The van der Waals surface area contributed by atoms with Gasteiger partial charge in [0.1, 0.15) is 5.82 Å². The number of carbonyl (C=O) groups excluding carboxylic acids is 1. The minimum atomic E-state index is 0.0795. The van der Waals surface area contributed by atoms with E-state index in [0.29, 0.717) is 26.0 Å². The Hall–Kier alpha value is -2.73. The van der Waals surface area contributed by atoms with Crippen molar-refractivity contribution in [3.05, 3.63) is 60.2 Å². The number of nitrogens with zero attached hydrogens (tertiary/aromatic N) is 3. The Kier molecular flexibility index (Phi) is 5.44. The highest BCUT2D eigenvalue weighted by atomic mass is 16.5. The number of amides is 1. The number of rotatable bonds is 6. The van der Waals surface area contributed by atoms with Gasteiger partial charge in [0.25, 0.3) is 0 Å². The largest absolute Gasteiger partial charge is 0.370 e. The van der Waals surface area contributed by atoms with Crippen molar-refractivity contribution in [2.75, 3.05) is 13.1 Å². The first-order valence-corrected chi connectivity index (χ1v) is 9.51. The van der Waals surface area contributed by atoms with Gasteiger partial charge >= 0.3 is 0 Å². The number of aromatic nitrogens is 3. The molecule has 6 heteroatoms. The van der Waals surface area contributed by atoms with Gasteiger partial charge in [0.15, 0.2) is 0 Å². The second-order valence-electron chi connectivity index (χ2n) is 6.94. The average Bonchev–Trinajstić information content (AvgIpc) is 3.14. The third-order valence-corrected chi connectivity index (χ3v) is 4.94. The fraction of sp³-hybridized carbons (Fsp3) is 0.381. The van der Waals surface area contributed by atoms with Crippen molar-refractivity contribution in [3.8, 4) is 0 Å². The zero-order valence-corrected chi connectivity index (χ0v) is 15.3. The second kappa shape index (κ2) is 8.31. The van der Waals surface area contributed by atoms with Gasteiger partial charge in [-0.1, -0.05) is 18.2 Å². The lowest BCUT2D eigenvalue weighted by Crippen LogP contribution is -2.43. The van der Waals surface area contributed by atoms with E-state index < -0.39 is 0 Å². The zero-order valence-electron chi connectivity index (χ0n) is 15.3. The van der Waals surface area contributed by atoms with Gasteiger partial charge in [-0.3, -0.25) is 9.78 Å². The van der Waals surface area contributed by atoms with Gasteiger partial charge in [-0.25, -0.2) is 4.98 Å². The molecular weight excluding hydrogens is 340 g/mol. The first-order chi connectivity index (χ1) is 13.3. The number of benzene rings is 1. The number of likely N-dealkylation sites (tertiary alicyclic amines) is 1. The third kappa shape index (κ3) is 4.52. The van der Waals surface area contributed by atoms with E-state index in [1.165, 1.54) is 0 Å². The molecule has 3 heterocycles. The molecular formula is C21H24N4O2. The van der Waals surface area contributed by atoms with Crippen LogP contribution in [-0.2, 0) is 22.6 Å². The highest BCUT2D eigenvalue weighted by Crippen LogP contribution is 2.17. The van der Waals surface area contributed by atoms with Gasteiger partial charge in [-0.05, 0) is 37.1 Å². The zero-order chi connectivity index (χ0) is 18.5. The summed E-state index contributed by atoms with van der Waals surface area (Å²) in [5.41, 5.74) is 2.88. The number of piperidine rings is 1. The van der Waals surface area contributed by atoms with Gasteiger partial charge in [0.2, 0.25) is 5.91 Å². The monoisotopic (exact) mass is 364 g/mol. The van der Waals surface area contributed by atoms with Crippen molar-refractivity contribution >= 4 is 16.9 Å². The minimum Gasteiger partial charge on any atom is -0.370 e. The molecule has 4 rings (SSSR count). The van der Waals surface area contributed by atoms with Gasteiger partial charge < -0.3 is 14.6 Å². The summed E-state index contributed by atoms with van der Waals surface area (Å²) >= 11 is 0. The van der Waals surface area contributed by atoms with E-state index >= 15 is 0 Å². The van der Waals surface area contributed by atoms with Crippen LogP contribution in [0.5, 0.6) is 0 Å². The Morgan fingerprint density at radius 3 is 2.96 bits per heavy atom. The molecule has 1 unspecified atom stereocenters. The maximum atomic E-state index is 12.6. The van der Waals surface area contributed by atoms with Crippen molar-refractivity contribution in [2.24, 2.45) is 0 Å². The van der Waals surface area contributed by atoms with Crippen molar-refractivity contribution < 1.29 is 9.53 Å². The van der Waals surface area contributed by atoms with E-state index in [1.807, 2.05) is 47.4 Å². The number of carbonyl (C=O) groups is 1. The summed E-state index contributed by atoms with van der Waals surface area (Å²) in [6, 6.07) is 13.7.